The molecule has 5 rings (SSSR count). The van der Waals surface area contributed by atoms with Gasteiger partial charge in [-0.1, -0.05) is 24.3 Å². The fraction of sp³-hybridized carbons (Fsp3) is 0.143. The maximum absolute atomic E-state index is 14.8. The van der Waals surface area contributed by atoms with E-state index in [4.69, 9.17) is 0 Å². The lowest BCUT2D eigenvalue weighted by Crippen LogP contribution is -2.47. The van der Waals surface area contributed by atoms with Crippen molar-refractivity contribution < 1.29 is 17.6 Å². The number of aromatic nitrogens is 5. The molecule has 0 N–H and O–H groups in total. The molecule has 3 heterocycles. The van der Waals surface area contributed by atoms with Gasteiger partial charge < -0.3 is 0 Å². The largest absolute Gasteiger partial charge is 0.417 e. The normalized spacial score (nSPS) is 19.1. The molecule has 0 radical (unpaired) electrons. The van der Waals surface area contributed by atoms with Crippen LogP contribution in [0.15, 0.2) is 67.0 Å². The second-order valence-corrected chi connectivity index (χ2v) is 6.91. The first-order valence-corrected chi connectivity index (χ1v) is 9.08. The quantitative estimate of drug-likeness (QED) is 0.438. The van der Waals surface area contributed by atoms with Gasteiger partial charge in [0.05, 0.1) is 22.6 Å². The van der Waals surface area contributed by atoms with Crippen molar-refractivity contribution in [2.24, 2.45) is 0 Å². The number of fused-ring (bicyclic) bond motifs is 2. The Hall–Kier alpha value is -3.62. The molecule has 0 saturated carbocycles. The summed E-state index contributed by atoms with van der Waals surface area (Å²) >= 11 is 0. The van der Waals surface area contributed by atoms with Crippen molar-refractivity contribution >= 4 is 21.9 Å². The summed E-state index contributed by atoms with van der Waals surface area (Å²) in [6.45, 7) is 0. The zero-order valence-electron chi connectivity index (χ0n) is 15.3. The van der Waals surface area contributed by atoms with Crippen LogP contribution in [-0.2, 0) is 5.54 Å². The molecule has 1 unspecified atom stereocenters. The van der Waals surface area contributed by atoms with Crippen LogP contribution in [0, 0.1) is 5.82 Å². The van der Waals surface area contributed by atoms with Gasteiger partial charge >= 0.3 is 6.18 Å². The topological polar surface area (TPSA) is 56.5 Å². The van der Waals surface area contributed by atoms with E-state index in [1.165, 1.54) is 42.6 Å². The number of hydrogen-bond donors (Lipinski definition) is 0. The molecule has 30 heavy (non-hydrogen) atoms. The zero-order valence-corrected chi connectivity index (χ0v) is 15.3. The first-order valence-electron chi connectivity index (χ1n) is 9.08. The molecule has 1 aliphatic carbocycles. The van der Waals surface area contributed by atoms with Crippen LogP contribution in [-0.4, -0.2) is 30.9 Å². The molecule has 1 aliphatic rings. The Morgan fingerprint density at radius 2 is 1.80 bits per heavy atom. The summed E-state index contributed by atoms with van der Waals surface area (Å²) in [5, 5.41) is 4.11. The molecular formula is C21H13F4N5. The SMILES string of the molecule is Fc1cccc2nn(C3(C(F)(F)F)C=CC=CC3)c(-c3ncc4ncccc4n3)c12. The number of rotatable bonds is 2. The van der Waals surface area contributed by atoms with E-state index in [9.17, 15) is 17.6 Å². The van der Waals surface area contributed by atoms with Crippen molar-refractivity contribution in [2.75, 3.05) is 0 Å². The van der Waals surface area contributed by atoms with Crippen molar-refractivity contribution in [3.8, 4) is 11.5 Å². The van der Waals surface area contributed by atoms with Crippen molar-refractivity contribution in [3.05, 3.63) is 72.8 Å². The molecule has 0 amide bonds. The molecule has 3 aromatic heterocycles. The van der Waals surface area contributed by atoms with Crippen molar-refractivity contribution in [1.82, 2.24) is 24.7 Å². The van der Waals surface area contributed by atoms with Crippen LogP contribution < -0.4 is 0 Å². The summed E-state index contributed by atoms with van der Waals surface area (Å²) in [6, 6.07) is 7.36. The van der Waals surface area contributed by atoms with Crippen molar-refractivity contribution in [3.63, 3.8) is 0 Å². The first-order chi connectivity index (χ1) is 14.4. The van der Waals surface area contributed by atoms with E-state index in [-0.39, 0.29) is 28.8 Å². The standard InChI is InChI=1S/C21H13F4N5/c22-13-6-4-7-15-17(13)18(19-27-12-16-14(28-19)8-5-11-26-16)30(29-15)20(21(23,24)25)9-2-1-3-10-20/h1-9,11-12H,10H2. The number of benzene rings is 1. The lowest BCUT2D eigenvalue weighted by molar-refractivity contribution is -0.199. The number of pyridine rings is 1. The molecule has 0 saturated heterocycles. The Kier molecular flexibility index (Phi) is 3.96. The highest BCUT2D eigenvalue weighted by molar-refractivity contribution is 5.93. The van der Waals surface area contributed by atoms with Crippen LogP contribution in [0.3, 0.4) is 0 Å². The maximum Gasteiger partial charge on any atom is 0.417 e. The Bertz CT molecular complexity index is 1340. The van der Waals surface area contributed by atoms with E-state index in [2.05, 4.69) is 20.1 Å². The third-order valence-corrected chi connectivity index (χ3v) is 5.13. The predicted octanol–water partition coefficient (Wildman–Crippen LogP) is 4.95. The number of allylic oxidation sites excluding steroid dienone is 4. The number of halogens is 4. The van der Waals surface area contributed by atoms with E-state index in [0.717, 1.165) is 10.8 Å². The second-order valence-electron chi connectivity index (χ2n) is 6.91. The molecule has 150 valence electrons. The fourth-order valence-corrected chi connectivity index (χ4v) is 3.67. The Morgan fingerprint density at radius 1 is 0.967 bits per heavy atom. The molecule has 9 heteroatoms. The average Bonchev–Trinajstić information content (AvgIpc) is 3.14. The molecule has 0 bridgehead atoms. The maximum atomic E-state index is 14.8. The highest BCUT2D eigenvalue weighted by Gasteiger charge is 2.56. The van der Waals surface area contributed by atoms with Crippen molar-refractivity contribution in [2.45, 2.75) is 18.1 Å². The summed E-state index contributed by atoms with van der Waals surface area (Å²) in [7, 11) is 0. The molecule has 0 aliphatic heterocycles. The minimum atomic E-state index is -4.69. The zero-order chi connectivity index (χ0) is 20.9. The highest BCUT2D eigenvalue weighted by atomic mass is 19.4. The van der Waals surface area contributed by atoms with Crippen LogP contribution >= 0.6 is 0 Å². The number of nitrogens with zero attached hydrogens (tertiary/aromatic N) is 5. The van der Waals surface area contributed by atoms with Gasteiger partial charge in [0, 0.05) is 12.6 Å². The Balaban J connectivity index is 1.89. The van der Waals surface area contributed by atoms with E-state index < -0.39 is 17.5 Å². The van der Waals surface area contributed by atoms with Gasteiger partial charge in [0.25, 0.3) is 0 Å². The summed E-state index contributed by atoms with van der Waals surface area (Å²) in [4.78, 5) is 12.7. The fourth-order valence-electron chi connectivity index (χ4n) is 3.67. The Labute approximate surface area is 167 Å². The smallest absolute Gasteiger partial charge is 0.253 e. The third-order valence-electron chi connectivity index (χ3n) is 5.13. The van der Waals surface area contributed by atoms with Crippen LogP contribution in [0.25, 0.3) is 33.5 Å². The van der Waals surface area contributed by atoms with E-state index in [0.29, 0.717) is 11.0 Å². The van der Waals surface area contributed by atoms with Gasteiger partial charge in [-0.05, 0) is 30.3 Å². The molecule has 1 aromatic carbocycles. The van der Waals surface area contributed by atoms with E-state index >= 15 is 0 Å². The third kappa shape index (κ3) is 2.62. The van der Waals surface area contributed by atoms with E-state index in [1.54, 1.807) is 18.3 Å². The van der Waals surface area contributed by atoms with Gasteiger partial charge in [-0.3, -0.25) is 4.98 Å². The van der Waals surface area contributed by atoms with Gasteiger partial charge in [0.2, 0.25) is 0 Å². The van der Waals surface area contributed by atoms with Gasteiger partial charge in [0.1, 0.15) is 17.0 Å². The number of alkyl halides is 3. The highest BCUT2D eigenvalue weighted by Crippen LogP contribution is 2.46. The van der Waals surface area contributed by atoms with Gasteiger partial charge in [0.15, 0.2) is 11.4 Å². The monoisotopic (exact) mass is 411 g/mol. The molecule has 1 atom stereocenters. The van der Waals surface area contributed by atoms with Crippen LogP contribution in [0.4, 0.5) is 17.6 Å². The molecule has 4 aromatic rings. The Morgan fingerprint density at radius 3 is 2.57 bits per heavy atom. The van der Waals surface area contributed by atoms with E-state index in [1.807, 2.05) is 0 Å². The lowest BCUT2D eigenvalue weighted by Gasteiger charge is -2.34. The molecule has 0 fully saturated rings. The van der Waals surface area contributed by atoms with Gasteiger partial charge in [-0.2, -0.15) is 18.3 Å². The van der Waals surface area contributed by atoms with Crippen LogP contribution in [0.1, 0.15) is 6.42 Å². The summed E-state index contributed by atoms with van der Waals surface area (Å²) in [5.41, 5.74) is -1.63. The van der Waals surface area contributed by atoms with Crippen molar-refractivity contribution in [1.29, 1.82) is 0 Å². The molecule has 5 nitrogen and oxygen atoms in total. The van der Waals surface area contributed by atoms with Gasteiger partial charge in [-0.15, -0.1) is 0 Å². The predicted molar refractivity (Wildman–Crippen MR) is 103 cm³/mol. The van der Waals surface area contributed by atoms with Crippen LogP contribution in [0.2, 0.25) is 0 Å². The lowest BCUT2D eigenvalue weighted by atomic mass is 9.90. The molecular weight excluding hydrogens is 398 g/mol. The minimum Gasteiger partial charge on any atom is -0.253 e. The average molecular weight is 411 g/mol. The van der Waals surface area contributed by atoms with Gasteiger partial charge in [-0.25, -0.2) is 19.0 Å². The number of hydrogen-bond acceptors (Lipinski definition) is 4. The summed E-state index contributed by atoms with van der Waals surface area (Å²) in [6.07, 6.45) is 3.17. The first kappa shape index (κ1) is 18.4. The molecule has 0 spiro atoms. The minimum absolute atomic E-state index is 0.0605. The summed E-state index contributed by atoms with van der Waals surface area (Å²) < 4.78 is 58.7. The summed E-state index contributed by atoms with van der Waals surface area (Å²) in [5.74, 6) is -0.758. The van der Waals surface area contributed by atoms with Crippen LogP contribution in [0.5, 0.6) is 0 Å². The second kappa shape index (κ2) is 6.45.